The van der Waals surface area contributed by atoms with Gasteiger partial charge in [0.1, 0.15) is 0 Å². The predicted molar refractivity (Wildman–Crippen MR) is 60.2 cm³/mol. The summed E-state index contributed by atoms with van der Waals surface area (Å²) in [5.41, 5.74) is 1.40. The first-order chi connectivity index (χ1) is 6.81. The standard InChI is InChI=1S/C11H16N2S/c1-3-9-5-6-14-11(9)8-13-10(4-2)7-12/h5-6,10,13H,3-4,8H2,1-2H3. The number of thiophene rings is 1. The van der Waals surface area contributed by atoms with Gasteiger partial charge in [0.25, 0.3) is 0 Å². The Morgan fingerprint density at radius 1 is 1.57 bits per heavy atom. The third kappa shape index (κ3) is 2.83. The lowest BCUT2D eigenvalue weighted by Gasteiger charge is -2.08. The van der Waals surface area contributed by atoms with Crippen molar-refractivity contribution in [1.29, 1.82) is 5.26 Å². The van der Waals surface area contributed by atoms with Gasteiger partial charge in [0, 0.05) is 11.4 Å². The van der Waals surface area contributed by atoms with E-state index in [0.29, 0.717) is 0 Å². The summed E-state index contributed by atoms with van der Waals surface area (Å²) in [5.74, 6) is 0. The highest BCUT2D eigenvalue weighted by atomic mass is 32.1. The van der Waals surface area contributed by atoms with E-state index in [1.807, 2.05) is 6.92 Å². The molecule has 0 bridgehead atoms. The number of nitrogens with zero attached hydrogens (tertiary/aromatic N) is 1. The van der Waals surface area contributed by atoms with Crippen LogP contribution in [0.15, 0.2) is 11.4 Å². The topological polar surface area (TPSA) is 35.8 Å². The van der Waals surface area contributed by atoms with E-state index in [4.69, 9.17) is 5.26 Å². The summed E-state index contributed by atoms with van der Waals surface area (Å²) in [6, 6.07) is 4.39. The fourth-order valence-electron chi connectivity index (χ4n) is 1.33. The maximum atomic E-state index is 8.77. The summed E-state index contributed by atoms with van der Waals surface area (Å²) < 4.78 is 0. The number of nitriles is 1. The van der Waals surface area contributed by atoms with Crippen molar-refractivity contribution in [2.45, 2.75) is 39.3 Å². The molecular weight excluding hydrogens is 192 g/mol. The Morgan fingerprint density at radius 3 is 2.93 bits per heavy atom. The molecule has 0 saturated carbocycles. The minimum absolute atomic E-state index is 0.0122. The Hall–Kier alpha value is -0.850. The van der Waals surface area contributed by atoms with Gasteiger partial charge in [-0.15, -0.1) is 11.3 Å². The van der Waals surface area contributed by atoms with Crippen LogP contribution in [0.25, 0.3) is 0 Å². The smallest absolute Gasteiger partial charge is 0.0953 e. The molecule has 76 valence electrons. The van der Waals surface area contributed by atoms with Gasteiger partial charge in [0.05, 0.1) is 12.1 Å². The fourth-order valence-corrected chi connectivity index (χ4v) is 2.26. The van der Waals surface area contributed by atoms with Crippen LogP contribution in [-0.2, 0) is 13.0 Å². The van der Waals surface area contributed by atoms with E-state index >= 15 is 0 Å². The zero-order valence-corrected chi connectivity index (χ0v) is 9.53. The van der Waals surface area contributed by atoms with Crippen molar-refractivity contribution in [3.05, 3.63) is 21.9 Å². The van der Waals surface area contributed by atoms with Gasteiger partial charge < -0.3 is 0 Å². The number of hydrogen-bond acceptors (Lipinski definition) is 3. The highest BCUT2D eigenvalue weighted by Crippen LogP contribution is 2.17. The van der Waals surface area contributed by atoms with Gasteiger partial charge in [-0.2, -0.15) is 5.26 Å². The first-order valence-electron chi connectivity index (χ1n) is 5.00. The molecule has 1 heterocycles. The fraction of sp³-hybridized carbons (Fsp3) is 0.545. The number of rotatable bonds is 5. The molecule has 1 unspecified atom stereocenters. The largest absolute Gasteiger partial charge is 0.297 e. The van der Waals surface area contributed by atoms with Crippen LogP contribution in [0.5, 0.6) is 0 Å². The molecule has 0 saturated heterocycles. The molecule has 0 spiro atoms. The van der Waals surface area contributed by atoms with E-state index in [2.05, 4.69) is 29.8 Å². The van der Waals surface area contributed by atoms with Crippen molar-refractivity contribution < 1.29 is 0 Å². The zero-order chi connectivity index (χ0) is 10.4. The van der Waals surface area contributed by atoms with Crippen LogP contribution < -0.4 is 5.32 Å². The van der Waals surface area contributed by atoms with E-state index < -0.39 is 0 Å². The molecular formula is C11H16N2S. The summed E-state index contributed by atoms with van der Waals surface area (Å²) in [7, 11) is 0. The Labute approximate surface area is 89.6 Å². The molecule has 1 aromatic rings. The summed E-state index contributed by atoms with van der Waals surface area (Å²) in [6.45, 7) is 5.01. The zero-order valence-electron chi connectivity index (χ0n) is 8.71. The molecule has 0 aliphatic heterocycles. The average molecular weight is 208 g/mol. The maximum Gasteiger partial charge on any atom is 0.0953 e. The summed E-state index contributed by atoms with van der Waals surface area (Å²) in [6.07, 6.45) is 1.94. The molecule has 14 heavy (non-hydrogen) atoms. The second kappa shape index (κ2) is 5.79. The highest BCUT2D eigenvalue weighted by Gasteiger charge is 2.06. The quantitative estimate of drug-likeness (QED) is 0.807. The molecule has 1 rings (SSSR count). The van der Waals surface area contributed by atoms with E-state index in [9.17, 15) is 0 Å². The Balaban J connectivity index is 2.49. The first-order valence-corrected chi connectivity index (χ1v) is 5.88. The van der Waals surface area contributed by atoms with Crippen molar-refractivity contribution >= 4 is 11.3 Å². The van der Waals surface area contributed by atoms with E-state index in [1.54, 1.807) is 11.3 Å². The minimum atomic E-state index is -0.0122. The minimum Gasteiger partial charge on any atom is -0.297 e. The molecule has 1 N–H and O–H groups in total. The van der Waals surface area contributed by atoms with Gasteiger partial charge in [0.15, 0.2) is 0 Å². The van der Waals surface area contributed by atoms with Crippen LogP contribution >= 0.6 is 11.3 Å². The summed E-state index contributed by atoms with van der Waals surface area (Å²) in [5, 5.41) is 14.1. The molecule has 2 nitrogen and oxygen atoms in total. The Kier molecular flexibility index (Phi) is 4.64. The third-order valence-corrected chi connectivity index (χ3v) is 3.25. The molecule has 0 aliphatic rings. The lowest BCUT2D eigenvalue weighted by Crippen LogP contribution is -2.26. The number of nitrogens with one attached hydrogen (secondary N) is 1. The van der Waals surface area contributed by atoms with Crippen LogP contribution in [0.2, 0.25) is 0 Å². The van der Waals surface area contributed by atoms with Gasteiger partial charge >= 0.3 is 0 Å². The monoisotopic (exact) mass is 208 g/mol. The van der Waals surface area contributed by atoms with Gasteiger partial charge in [0.2, 0.25) is 0 Å². The van der Waals surface area contributed by atoms with Crippen molar-refractivity contribution in [1.82, 2.24) is 5.32 Å². The number of hydrogen-bond donors (Lipinski definition) is 1. The number of aryl methyl sites for hydroxylation is 1. The van der Waals surface area contributed by atoms with Crippen molar-refractivity contribution in [3.8, 4) is 6.07 Å². The highest BCUT2D eigenvalue weighted by molar-refractivity contribution is 7.10. The van der Waals surface area contributed by atoms with E-state index in [1.165, 1.54) is 10.4 Å². The van der Waals surface area contributed by atoms with Crippen LogP contribution in [0.1, 0.15) is 30.7 Å². The maximum absolute atomic E-state index is 8.77. The molecule has 0 radical (unpaired) electrons. The summed E-state index contributed by atoms with van der Waals surface area (Å²) >= 11 is 1.77. The average Bonchev–Trinajstić information content (AvgIpc) is 2.67. The van der Waals surface area contributed by atoms with Crippen LogP contribution in [-0.4, -0.2) is 6.04 Å². The van der Waals surface area contributed by atoms with E-state index in [-0.39, 0.29) is 6.04 Å². The molecule has 0 fully saturated rings. The Bertz CT molecular complexity index is 311. The summed E-state index contributed by atoms with van der Waals surface area (Å²) in [4.78, 5) is 1.36. The van der Waals surface area contributed by atoms with Crippen molar-refractivity contribution in [2.24, 2.45) is 0 Å². The molecule has 1 atom stereocenters. The van der Waals surface area contributed by atoms with E-state index in [0.717, 1.165) is 19.4 Å². The molecule has 0 aromatic carbocycles. The van der Waals surface area contributed by atoms with Gasteiger partial charge in [-0.3, -0.25) is 5.32 Å². The van der Waals surface area contributed by atoms with Crippen molar-refractivity contribution in [3.63, 3.8) is 0 Å². The van der Waals surface area contributed by atoms with Crippen LogP contribution in [0.4, 0.5) is 0 Å². The van der Waals surface area contributed by atoms with Crippen LogP contribution in [0.3, 0.4) is 0 Å². The molecule has 1 aromatic heterocycles. The molecule has 0 aliphatic carbocycles. The SMILES string of the molecule is CCc1ccsc1CNC(C#N)CC. The Morgan fingerprint density at radius 2 is 2.36 bits per heavy atom. The third-order valence-electron chi connectivity index (χ3n) is 2.29. The van der Waals surface area contributed by atoms with Gasteiger partial charge in [-0.1, -0.05) is 13.8 Å². The van der Waals surface area contributed by atoms with Crippen molar-refractivity contribution in [2.75, 3.05) is 0 Å². The molecule has 3 heteroatoms. The van der Waals surface area contributed by atoms with Gasteiger partial charge in [-0.25, -0.2) is 0 Å². The molecule has 0 amide bonds. The normalized spacial score (nSPS) is 12.4. The predicted octanol–water partition coefficient (Wildman–Crippen LogP) is 2.70. The second-order valence-corrected chi connectivity index (χ2v) is 4.19. The lowest BCUT2D eigenvalue weighted by atomic mass is 10.2. The van der Waals surface area contributed by atoms with Crippen LogP contribution in [0, 0.1) is 11.3 Å². The lowest BCUT2D eigenvalue weighted by molar-refractivity contribution is 0.589. The second-order valence-electron chi connectivity index (χ2n) is 3.19. The first kappa shape index (κ1) is 11.2. The van der Waals surface area contributed by atoms with Gasteiger partial charge in [-0.05, 0) is 29.9 Å².